The van der Waals surface area contributed by atoms with Gasteiger partial charge in [0.15, 0.2) is 5.43 Å². The van der Waals surface area contributed by atoms with Crippen molar-refractivity contribution in [3.8, 4) is 0 Å². The molecule has 4 nitrogen and oxygen atoms in total. The van der Waals surface area contributed by atoms with E-state index in [0.29, 0.717) is 5.82 Å². The Morgan fingerprint density at radius 2 is 1.89 bits per heavy atom. The molecule has 19 heavy (non-hydrogen) atoms. The number of amides is 1. The average molecular weight is 252 g/mol. The van der Waals surface area contributed by atoms with E-state index in [0.717, 1.165) is 16.4 Å². The minimum Gasteiger partial charge on any atom is -0.312 e. The van der Waals surface area contributed by atoms with Gasteiger partial charge in [0.25, 0.3) is 0 Å². The second-order valence-corrected chi connectivity index (χ2v) is 4.41. The number of hydrogen-bond donors (Lipinski definition) is 1. The fourth-order valence-corrected chi connectivity index (χ4v) is 2.26. The van der Waals surface area contributed by atoms with E-state index in [-0.39, 0.29) is 11.3 Å². The molecule has 0 aliphatic carbocycles. The fourth-order valence-electron chi connectivity index (χ4n) is 2.26. The Bertz CT molecular complexity index is 850. The molecular weight excluding hydrogens is 240 g/mol. The third kappa shape index (κ3) is 1.97. The van der Waals surface area contributed by atoms with Gasteiger partial charge >= 0.3 is 0 Å². The summed E-state index contributed by atoms with van der Waals surface area (Å²) in [6.45, 7) is 1.43. The summed E-state index contributed by atoms with van der Waals surface area (Å²) in [7, 11) is 0. The number of hydrogen-bond acceptors (Lipinski definition) is 2. The molecule has 0 fully saturated rings. The number of anilines is 1. The Labute approximate surface area is 109 Å². The average Bonchev–Trinajstić information content (AvgIpc) is 2.37. The van der Waals surface area contributed by atoms with Crippen LogP contribution in [0.4, 0.5) is 5.82 Å². The van der Waals surface area contributed by atoms with Gasteiger partial charge in [0, 0.05) is 19.1 Å². The zero-order valence-corrected chi connectivity index (χ0v) is 10.4. The highest BCUT2D eigenvalue weighted by atomic mass is 16.1. The number of carbonyl (C=O) groups is 1. The first-order chi connectivity index (χ1) is 9.15. The Hall–Kier alpha value is -2.62. The lowest BCUT2D eigenvalue weighted by atomic mass is 10.2. The minimum absolute atomic E-state index is 0.126. The number of carbonyl (C=O) groups excluding carboxylic acids is 1. The maximum absolute atomic E-state index is 11.7. The van der Waals surface area contributed by atoms with Gasteiger partial charge < -0.3 is 5.32 Å². The molecule has 2 aromatic heterocycles. The minimum atomic E-state index is -0.202. The topological polar surface area (TPSA) is 50.6 Å². The number of aromatic nitrogens is 1. The van der Waals surface area contributed by atoms with Crippen LogP contribution in [0.3, 0.4) is 0 Å². The van der Waals surface area contributed by atoms with E-state index in [9.17, 15) is 9.59 Å². The number of nitrogens with zero attached hydrogens (tertiary/aromatic N) is 1. The molecular formula is C15H12N2O2. The number of benzene rings is 1. The summed E-state index contributed by atoms with van der Waals surface area (Å²) in [6.07, 6.45) is 0. The Balaban J connectivity index is 2.48. The molecule has 94 valence electrons. The van der Waals surface area contributed by atoms with E-state index in [1.165, 1.54) is 13.0 Å². The standard InChI is InChI=1S/C15H12N2O2/c1-10(18)16-15-9-13(19)8-12-7-6-11-4-2-3-5-14(11)17(12)15/h2-9H,1H3,(H,16,18). The number of nitrogens with one attached hydrogen (secondary N) is 1. The molecule has 0 aliphatic rings. The number of para-hydroxylation sites is 1. The normalized spacial score (nSPS) is 10.8. The van der Waals surface area contributed by atoms with Crippen molar-refractivity contribution in [2.75, 3.05) is 5.32 Å². The number of fused-ring (bicyclic) bond motifs is 3. The monoisotopic (exact) mass is 252 g/mol. The maximum Gasteiger partial charge on any atom is 0.222 e. The summed E-state index contributed by atoms with van der Waals surface area (Å²) in [5.74, 6) is 0.291. The van der Waals surface area contributed by atoms with Gasteiger partial charge in [-0.1, -0.05) is 24.3 Å². The van der Waals surface area contributed by atoms with Crippen LogP contribution in [-0.4, -0.2) is 10.3 Å². The molecule has 0 saturated carbocycles. The van der Waals surface area contributed by atoms with Crippen LogP contribution in [0.5, 0.6) is 0 Å². The zero-order valence-electron chi connectivity index (χ0n) is 10.4. The van der Waals surface area contributed by atoms with Crippen molar-refractivity contribution in [3.05, 3.63) is 58.8 Å². The Kier molecular flexibility index (Phi) is 2.56. The Morgan fingerprint density at radius 3 is 2.68 bits per heavy atom. The predicted octanol–water partition coefficient (Wildman–Crippen LogP) is 2.41. The highest BCUT2D eigenvalue weighted by Crippen LogP contribution is 2.20. The first kappa shape index (κ1) is 11.5. The van der Waals surface area contributed by atoms with E-state index in [2.05, 4.69) is 5.32 Å². The molecule has 0 unspecified atom stereocenters. The van der Waals surface area contributed by atoms with Crippen molar-refractivity contribution >= 4 is 28.1 Å². The number of rotatable bonds is 1. The lowest BCUT2D eigenvalue weighted by Crippen LogP contribution is -2.14. The molecule has 0 radical (unpaired) electrons. The first-order valence-electron chi connectivity index (χ1n) is 5.97. The van der Waals surface area contributed by atoms with Crippen LogP contribution in [0.25, 0.3) is 16.4 Å². The summed E-state index contributed by atoms with van der Waals surface area (Å²) < 4.78 is 1.87. The summed E-state index contributed by atoms with van der Waals surface area (Å²) in [5.41, 5.74) is 1.58. The van der Waals surface area contributed by atoms with Crippen LogP contribution in [-0.2, 0) is 4.79 Å². The van der Waals surface area contributed by atoms with Crippen LogP contribution in [0.15, 0.2) is 53.3 Å². The predicted molar refractivity (Wildman–Crippen MR) is 75.5 cm³/mol. The van der Waals surface area contributed by atoms with Crippen molar-refractivity contribution in [3.63, 3.8) is 0 Å². The summed E-state index contributed by atoms with van der Waals surface area (Å²) in [4.78, 5) is 22.9. The molecule has 1 N–H and O–H groups in total. The summed E-state index contributed by atoms with van der Waals surface area (Å²) in [6, 6.07) is 14.6. The molecule has 1 aromatic carbocycles. The van der Waals surface area contributed by atoms with Crippen molar-refractivity contribution < 1.29 is 4.79 Å². The van der Waals surface area contributed by atoms with Gasteiger partial charge in [0.1, 0.15) is 5.82 Å². The van der Waals surface area contributed by atoms with Crippen LogP contribution in [0, 0.1) is 0 Å². The lowest BCUT2D eigenvalue weighted by Gasteiger charge is -2.12. The van der Waals surface area contributed by atoms with E-state index in [1.807, 2.05) is 40.8 Å². The van der Waals surface area contributed by atoms with Crippen molar-refractivity contribution in [1.82, 2.24) is 4.40 Å². The molecule has 2 heterocycles. The van der Waals surface area contributed by atoms with Gasteiger partial charge in [-0.3, -0.25) is 14.0 Å². The van der Waals surface area contributed by atoms with Crippen LogP contribution < -0.4 is 10.7 Å². The summed E-state index contributed by atoms with van der Waals surface area (Å²) in [5, 5.41) is 3.75. The van der Waals surface area contributed by atoms with Crippen molar-refractivity contribution in [1.29, 1.82) is 0 Å². The molecule has 1 amide bonds. The maximum atomic E-state index is 11.7. The van der Waals surface area contributed by atoms with Gasteiger partial charge in [0.05, 0.1) is 11.0 Å². The Morgan fingerprint density at radius 1 is 1.11 bits per heavy atom. The third-order valence-corrected chi connectivity index (χ3v) is 2.98. The molecule has 0 atom stereocenters. The highest BCUT2D eigenvalue weighted by molar-refractivity contribution is 5.91. The van der Waals surface area contributed by atoms with Gasteiger partial charge in [-0.2, -0.15) is 0 Å². The van der Waals surface area contributed by atoms with Gasteiger partial charge in [0.2, 0.25) is 5.91 Å². The van der Waals surface area contributed by atoms with Crippen LogP contribution in [0.2, 0.25) is 0 Å². The number of pyridine rings is 2. The molecule has 3 rings (SSSR count). The fraction of sp³-hybridized carbons (Fsp3) is 0.0667. The lowest BCUT2D eigenvalue weighted by molar-refractivity contribution is -0.114. The largest absolute Gasteiger partial charge is 0.312 e. The van der Waals surface area contributed by atoms with Gasteiger partial charge in [-0.05, 0) is 17.5 Å². The molecule has 0 saturated heterocycles. The van der Waals surface area contributed by atoms with Gasteiger partial charge in [-0.25, -0.2) is 0 Å². The quantitative estimate of drug-likeness (QED) is 0.676. The van der Waals surface area contributed by atoms with Crippen LogP contribution >= 0.6 is 0 Å². The molecule has 4 heteroatoms. The van der Waals surface area contributed by atoms with E-state index >= 15 is 0 Å². The second-order valence-electron chi connectivity index (χ2n) is 4.41. The smallest absolute Gasteiger partial charge is 0.222 e. The molecule has 0 bridgehead atoms. The van der Waals surface area contributed by atoms with E-state index in [1.54, 1.807) is 6.07 Å². The summed E-state index contributed by atoms with van der Waals surface area (Å²) >= 11 is 0. The third-order valence-electron chi connectivity index (χ3n) is 2.98. The molecule has 3 aromatic rings. The zero-order chi connectivity index (χ0) is 13.4. The van der Waals surface area contributed by atoms with Crippen molar-refractivity contribution in [2.45, 2.75) is 6.92 Å². The van der Waals surface area contributed by atoms with Crippen LogP contribution in [0.1, 0.15) is 6.92 Å². The van der Waals surface area contributed by atoms with Gasteiger partial charge in [-0.15, -0.1) is 0 Å². The van der Waals surface area contributed by atoms with E-state index < -0.39 is 0 Å². The van der Waals surface area contributed by atoms with Crippen molar-refractivity contribution in [2.24, 2.45) is 0 Å². The molecule has 0 spiro atoms. The molecule has 0 aliphatic heterocycles. The SMILES string of the molecule is CC(=O)Nc1cc(=O)cc2ccc3ccccc3n12. The first-order valence-corrected chi connectivity index (χ1v) is 5.97. The second kappa shape index (κ2) is 4.24. The van der Waals surface area contributed by atoms with E-state index in [4.69, 9.17) is 0 Å². The highest BCUT2D eigenvalue weighted by Gasteiger charge is 2.06.